The van der Waals surface area contributed by atoms with E-state index in [0.717, 1.165) is 56.2 Å². The number of para-hydroxylation sites is 1. The third kappa shape index (κ3) is 4.84. The molecule has 0 aliphatic carbocycles. The summed E-state index contributed by atoms with van der Waals surface area (Å²) in [4.78, 5) is 18.0. The van der Waals surface area contributed by atoms with Crippen molar-refractivity contribution in [3.05, 3.63) is 118 Å². The van der Waals surface area contributed by atoms with Crippen LogP contribution >= 0.6 is 0 Å². The second-order valence-electron chi connectivity index (χ2n) is 11.0. The summed E-state index contributed by atoms with van der Waals surface area (Å²) in [6.45, 7) is 13.4. The van der Waals surface area contributed by atoms with Crippen LogP contribution in [-0.4, -0.2) is 56.2 Å². The number of nitrogens with zero attached hydrogens (tertiary/aromatic N) is 5. The quantitative estimate of drug-likeness (QED) is 0.267. The van der Waals surface area contributed by atoms with Crippen LogP contribution in [0.5, 0.6) is 0 Å². The van der Waals surface area contributed by atoms with Crippen LogP contribution in [0.25, 0.3) is 16.6 Å². The molecule has 2 aromatic heterocycles. The topological polar surface area (TPSA) is 46.3 Å². The van der Waals surface area contributed by atoms with Crippen molar-refractivity contribution in [1.29, 1.82) is 0 Å². The van der Waals surface area contributed by atoms with E-state index >= 15 is 0 Å². The van der Waals surface area contributed by atoms with Gasteiger partial charge >= 0.3 is 0 Å². The van der Waals surface area contributed by atoms with Gasteiger partial charge in [-0.3, -0.25) is 9.69 Å². The number of hydrogen-bond acceptors (Lipinski definition) is 3. The van der Waals surface area contributed by atoms with Gasteiger partial charge in [0.1, 0.15) is 0 Å². The van der Waals surface area contributed by atoms with Crippen LogP contribution in [-0.2, 0) is 13.1 Å². The van der Waals surface area contributed by atoms with Gasteiger partial charge in [0.25, 0.3) is 5.91 Å². The van der Waals surface area contributed by atoms with E-state index in [-0.39, 0.29) is 5.91 Å². The van der Waals surface area contributed by atoms with Gasteiger partial charge in [-0.05, 0) is 69.2 Å². The first-order valence-electron chi connectivity index (χ1n) is 14.2. The number of hydrogen-bond donors (Lipinski definition) is 0. The van der Waals surface area contributed by atoms with Crippen LogP contribution < -0.4 is 0 Å². The Hall–Kier alpha value is -4.16. The zero-order valence-corrected chi connectivity index (χ0v) is 23.9. The highest BCUT2D eigenvalue weighted by atomic mass is 16.2. The second kappa shape index (κ2) is 10.8. The average molecular weight is 532 g/mol. The van der Waals surface area contributed by atoms with Gasteiger partial charge in [0.05, 0.1) is 11.4 Å². The molecule has 0 radical (unpaired) electrons. The predicted molar refractivity (Wildman–Crippen MR) is 161 cm³/mol. The summed E-state index contributed by atoms with van der Waals surface area (Å²) in [6.07, 6.45) is 0. The molecule has 0 bridgehead atoms. The molecule has 0 saturated carbocycles. The normalized spacial score (nSPS) is 14.2. The lowest BCUT2D eigenvalue weighted by Crippen LogP contribution is -2.48. The molecule has 1 aliphatic heterocycles. The number of carbonyl (C=O) groups excluding carboxylic acids is 1. The third-order valence-corrected chi connectivity index (χ3v) is 8.55. The minimum Gasteiger partial charge on any atom is -0.340 e. The summed E-state index contributed by atoms with van der Waals surface area (Å²) >= 11 is 0. The second-order valence-corrected chi connectivity index (χ2v) is 11.0. The molecule has 0 N–H and O–H groups in total. The van der Waals surface area contributed by atoms with Crippen LogP contribution in [0.15, 0.2) is 78.9 Å². The smallest absolute Gasteiger partial charge is 0.253 e. The zero-order chi connectivity index (χ0) is 27.8. The van der Waals surface area contributed by atoms with Crippen molar-refractivity contribution in [3.8, 4) is 5.69 Å². The molecular weight excluding hydrogens is 494 g/mol. The van der Waals surface area contributed by atoms with Crippen molar-refractivity contribution < 1.29 is 4.79 Å². The molecule has 1 saturated heterocycles. The zero-order valence-electron chi connectivity index (χ0n) is 23.9. The molecule has 5 aromatic rings. The predicted octanol–water partition coefficient (Wildman–Crippen LogP) is 6.07. The highest BCUT2D eigenvalue weighted by Gasteiger charge is 2.25. The van der Waals surface area contributed by atoms with Crippen molar-refractivity contribution in [1.82, 2.24) is 24.1 Å². The van der Waals surface area contributed by atoms with Crippen LogP contribution in [0.3, 0.4) is 0 Å². The van der Waals surface area contributed by atoms with Gasteiger partial charge in [0, 0.05) is 72.7 Å². The fraction of sp³-hybridized carbons (Fsp3) is 0.294. The number of carbonyl (C=O) groups is 1. The maximum absolute atomic E-state index is 13.6. The highest BCUT2D eigenvalue weighted by Crippen LogP contribution is 2.28. The molecule has 1 fully saturated rings. The van der Waals surface area contributed by atoms with Crippen LogP contribution in [0.1, 0.15) is 44.1 Å². The number of benzene rings is 3. The van der Waals surface area contributed by atoms with E-state index in [1.807, 2.05) is 33.8 Å². The maximum Gasteiger partial charge on any atom is 0.253 e. The molecule has 1 amide bonds. The Morgan fingerprint density at radius 1 is 0.775 bits per heavy atom. The third-order valence-electron chi connectivity index (χ3n) is 8.55. The van der Waals surface area contributed by atoms with Crippen molar-refractivity contribution >= 4 is 16.8 Å². The molecule has 0 atom stereocenters. The molecule has 1 aliphatic rings. The van der Waals surface area contributed by atoms with Gasteiger partial charge < -0.3 is 9.47 Å². The van der Waals surface area contributed by atoms with Crippen molar-refractivity contribution in [2.24, 2.45) is 0 Å². The first kappa shape index (κ1) is 26.1. The number of aromatic nitrogens is 3. The summed E-state index contributed by atoms with van der Waals surface area (Å²) in [5, 5.41) is 5.98. The summed E-state index contributed by atoms with van der Waals surface area (Å²) in [6, 6.07) is 27.1. The minimum absolute atomic E-state index is 0.124. The van der Waals surface area contributed by atoms with Gasteiger partial charge in [-0.15, -0.1) is 0 Å². The molecule has 204 valence electrons. The average Bonchev–Trinajstić information content (AvgIpc) is 3.40. The fourth-order valence-corrected chi connectivity index (χ4v) is 5.99. The Balaban J connectivity index is 1.14. The van der Waals surface area contributed by atoms with Crippen molar-refractivity contribution in [2.45, 2.75) is 40.8 Å². The Bertz CT molecular complexity index is 1660. The Labute approximate surface area is 236 Å². The van der Waals surface area contributed by atoms with Gasteiger partial charge in [0.2, 0.25) is 0 Å². The number of piperazine rings is 1. The van der Waals surface area contributed by atoms with Crippen molar-refractivity contribution in [3.63, 3.8) is 0 Å². The first-order valence-corrected chi connectivity index (χ1v) is 14.2. The molecule has 0 unspecified atom stereocenters. The summed E-state index contributed by atoms with van der Waals surface area (Å²) < 4.78 is 4.40. The van der Waals surface area contributed by atoms with Crippen LogP contribution in [0, 0.1) is 27.7 Å². The van der Waals surface area contributed by atoms with E-state index in [9.17, 15) is 4.79 Å². The lowest BCUT2D eigenvalue weighted by Gasteiger charge is -2.35. The number of rotatable bonds is 6. The largest absolute Gasteiger partial charge is 0.340 e. The molecule has 40 heavy (non-hydrogen) atoms. The highest BCUT2D eigenvalue weighted by molar-refractivity contribution is 5.99. The molecule has 3 aromatic carbocycles. The minimum atomic E-state index is 0.124. The van der Waals surface area contributed by atoms with E-state index in [1.165, 1.54) is 39.0 Å². The molecular formula is C34H37N5O. The number of aryl methyl sites for hydroxylation is 2. The monoisotopic (exact) mass is 531 g/mol. The van der Waals surface area contributed by atoms with E-state index in [1.54, 1.807) is 0 Å². The van der Waals surface area contributed by atoms with Crippen molar-refractivity contribution in [2.75, 3.05) is 26.2 Å². The first-order chi connectivity index (χ1) is 19.4. The van der Waals surface area contributed by atoms with Gasteiger partial charge in [0.15, 0.2) is 0 Å². The van der Waals surface area contributed by atoms with Crippen LogP contribution in [0.2, 0.25) is 0 Å². The molecule has 0 spiro atoms. The summed E-state index contributed by atoms with van der Waals surface area (Å²) in [7, 11) is 0. The van der Waals surface area contributed by atoms with Gasteiger partial charge in [-0.2, -0.15) is 5.10 Å². The van der Waals surface area contributed by atoms with E-state index in [0.29, 0.717) is 0 Å². The van der Waals surface area contributed by atoms with E-state index in [4.69, 9.17) is 5.10 Å². The van der Waals surface area contributed by atoms with Crippen LogP contribution in [0.4, 0.5) is 0 Å². The Morgan fingerprint density at radius 3 is 2.15 bits per heavy atom. The molecule has 6 heteroatoms. The van der Waals surface area contributed by atoms with E-state index in [2.05, 4.69) is 91.8 Å². The summed E-state index contributed by atoms with van der Waals surface area (Å²) in [5.41, 5.74) is 10.3. The Morgan fingerprint density at radius 2 is 1.45 bits per heavy atom. The number of fused-ring (bicyclic) bond motifs is 1. The SMILES string of the molecule is Cc1nn(-c2ccccc2)c(C)c1CN1CCN(C(=O)c2ccc3c(c2)c(C)c(C)n3Cc2ccccc2)CC1. The fourth-order valence-electron chi connectivity index (χ4n) is 5.99. The lowest BCUT2D eigenvalue weighted by molar-refractivity contribution is 0.0628. The molecule has 6 nitrogen and oxygen atoms in total. The van der Waals surface area contributed by atoms with Gasteiger partial charge in [-0.25, -0.2) is 4.68 Å². The number of amides is 1. The standard InChI is InChI=1S/C34H37N5O/c1-24-26(3)38(22-28-11-7-5-8-12-28)33-16-15-29(21-31(24)33)34(40)37-19-17-36(18-20-37)23-32-25(2)35-39(27(32)4)30-13-9-6-10-14-30/h5-16,21H,17-20,22-23H2,1-4H3. The molecule has 6 rings (SSSR count). The Kier molecular flexibility index (Phi) is 7.03. The maximum atomic E-state index is 13.6. The molecule has 3 heterocycles. The van der Waals surface area contributed by atoms with E-state index < -0.39 is 0 Å². The summed E-state index contributed by atoms with van der Waals surface area (Å²) in [5.74, 6) is 0.124. The lowest BCUT2D eigenvalue weighted by atomic mass is 10.1. The van der Waals surface area contributed by atoms with Gasteiger partial charge in [-0.1, -0.05) is 48.5 Å².